The van der Waals surface area contributed by atoms with Crippen molar-refractivity contribution in [2.24, 2.45) is 4.99 Å². The SMILES string of the molecule is CN1c2ccc3ccc(C4N=C(c5ccccc5)NC(c5ccccc5)N4)cc3c2OC1c1cccc2ccccc12. The molecule has 0 aromatic heterocycles. The minimum absolute atomic E-state index is 0.0841. The van der Waals surface area contributed by atoms with Crippen molar-refractivity contribution in [3.63, 3.8) is 0 Å². The van der Waals surface area contributed by atoms with E-state index in [1.807, 2.05) is 24.3 Å². The lowest BCUT2D eigenvalue weighted by molar-refractivity contribution is 0.239. The molecule has 204 valence electrons. The van der Waals surface area contributed by atoms with Crippen LogP contribution >= 0.6 is 0 Å². The first kappa shape index (κ1) is 24.6. The molecule has 0 fully saturated rings. The maximum Gasteiger partial charge on any atom is 0.199 e. The number of fused-ring (bicyclic) bond motifs is 4. The molecule has 0 saturated carbocycles. The predicted molar refractivity (Wildman–Crippen MR) is 171 cm³/mol. The normalized spacial score (nSPS) is 19.7. The van der Waals surface area contributed by atoms with E-state index in [2.05, 4.69) is 132 Å². The van der Waals surface area contributed by atoms with Crippen LogP contribution in [-0.4, -0.2) is 12.9 Å². The van der Waals surface area contributed by atoms with E-state index in [4.69, 9.17) is 9.73 Å². The maximum absolute atomic E-state index is 6.81. The Hall–Kier alpha value is -5.13. The van der Waals surface area contributed by atoms with Gasteiger partial charge in [0, 0.05) is 23.6 Å². The second-order valence-corrected chi connectivity index (χ2v) is 10.9. The number of nitrogens with one attached hydrogen (secondary N) is 2. The summed E-state index contributed by atoms with van der Waals surface area (Å²) in [6.45, 7) is 0. The highest BCUT2D eigenvalue weighted by atomic mass is 16.5. The van der Waals surface area contributed by atoms with Crippen LogP contribution in [-0.2, 0) is 0 Å². The van der Waals surface area contributed by atoms with Gasteiger partial charge in [-0.2, -0.15) is 0 Å². The van der Waals surface area contributed by atoms with Gasteiger partial charge < -0.3 is 15.0 Å². The number of amidine groups is 1. The molecule has 8 rings (SSSR count). The molecule has 3 unspecified atom stereocenters. The Balaban J connectivity index is 1.20. The van der Waals surface area contributed by atoms with E-state index >= 15 is 0 Å². The molecule has 0 amide bonds. The molecule has 2 N–H and O–H groups in total. The van der Waals surface area contributed by atoms with Crippen LogP contribution in [0.15, 0.2) is 138 Å². The van der Waals surface area contributed by atoms with E-state index in [0.717, 1.165) is 44.7 Å². The fourth-order valence-electron chi connectivity index (χ4n) is 6.21. The lowest BCUT2D eigenvalue weighted by Crippen LogP contribution is -2.44. The van der Waals surface area contributed by atoms with Crippen molar-refractivity contribution in [2.75, 3.05) is 11.9 Å². The Labute approximate surface area is 245 Å². The molecule has 2 aliphatic rings. The zero-order valence-electron chi connectivity index (χ0n) is 23.2. The molecule has 42 heavy (non-hydrogen) atoms. The van der Waals surface area contributed by atoms with Crippen molar-refractivity contribution in [1.29, 1.82) is 0 Å². The number of hydrogen-bond donors (Lipinski definition) is 2. The van der Waals surface area contributed by atoms with Gasteiger partial charge >= 0.3 is 0 Å². The van der Waals surface area contributed by atoms with Gasteiger partial charge in [0.05, 0.1) is 5.69 Å². The van der Waals surface area contributed by atoms with E-state index in [1.54, 1.807) is 0 Å². The van der Waals surface area contributed by atoms with Crippen LogP contribution in [0.3, 0.4) is 0 Å². The average molecular weight is 547 g/mol. The zero-order chi connectivity index (χ0) is 28.0. The van der Waals surface area contributed by atoms with Crippen LogP contribution in [0.25, 0.3) is 21.5 Å². The summed E-state index contributed by atoms with van der Waals surface area (Å²) in [5, 5.41) is 12.0. The highest BCUT2D eigenvalue weighted by Crippen LogP contribution is 2.48. The summed E-state index contributed by atoms with van der Waals surface area (Å²) in [7, 11) is 2.11. The van der Waals surface area contributed by atoms with E-state index < -0.39 is 0 Å². The van der Waals surface area contributed by atoms with Gasteiger partial charge in [0.15, 0.2) is 12.0 Å². The number of ether oxygens (including phenoxy) is 1. The Bertz CT molecular complexity index is 1950. The average Bonchev–Trinajstić information content (AvgIpc) is 3.41. The number of benzene rings is 6. The van der Waals surface area contributed by atoms with Crippen LogP contribution in [0.2, 0.25) is 0 Å². The maximum atomic E-state index is 6.81. The van der Waals surface area contributed by atoms with Gasteiger partial charge in [0.1, 0.15) is 18.2 Å². The molecule has 0 aliphatic carbocycles. The summed E-state index contributed by atoms with van der Waals surface area (Å²) < 4.78 is 6.81. The standard InChI is InChI=1S/C37H30N4O/c1-41-32-22-21-25-19-20-28(23-31(25)33(32)42-37(41)30-18-10-16-24-11-8-9-17-29(24)30)36-39-34(26-12-4-2-5-13-26)38-35(40-36)27-14-6-3-7-15-27/h2-23,34,36-37,39H,1H3,(H,38,40). The predicted octanol–water partition coefficient (Wildman–Crippen LogP) is 7.86. The number of rotatable bonds is 4. The topological polar surface area (TPSA) is 48.9 Å². The minimum atomic E-state index is -0.236. The molecule has 6 aromatic rings. The third kappa shape index (κ3) is 4.18. The van der Waals surface area contributed by atoms with Crippen molar-refractivity contribution in [3.05, 3.63) is 156 Å². The van der Waals surface area contributed by atoms with E-state index in [1.165, 1.54) is 16.3 Å². The Morgan fingerprint density at radius 3 is 2.24 bits per heavy atom. The van der Waals surface area contributed by atoms with Crippen molar-refractivity contribution in [1.82, 2.24) is 10.6 Å². The van der Waals surface area contributed by atoms with Crippen LogP contribution in [0.4, 0.5) is 5.69 Å². The minimum Gasteiger partial charge on any atom is -0.463 e. The fraction of sp³-hybridized carbons (Fsp3) is 0.108. The molecule has 3 atom stereocenters. The number of nitrogens with zero attached hydrogens (tertiary/aromatic N) is 2. The van der Waals surface area contributed by atoms with Crippen LogP contribution in [0.1, 0.15) is 40.8 Å². The quantitative estimate of drug-likeness (QED) is 0.236. The Kier molecular flexibility index (Phi) is 5.90. The molecule has 5 nitrogen and oxygen atoms in total. The van der Waals surface area contributed by atoms with Crippen molar-refractivity contribution >= 4 is 33.1 Å². The summed E-state index contributed by atoms with van der Waals surface area (Å²) in [5.74, 6) is 1.79. The molecule has 0 saturated heterocycles. The molecule has 2 aliphatic heterocycles. The summed E-state index contributed by atoms with van der Waals surface area (Å²) >= 11 is 0. The second-order valence-electron chi connectivity index (χ2n) is 10.9. The summed E-state index contributed by atoms with van der Waals surface area (Å²) in [4.78, 5) is 7.39. The van der Waals surface area contributed by atoms with Crippen LogP contribution in [0.5, 0.6) is 5.75 Å². The highest BCUT2D eigenvalue weighted by molar-refractivity contribution is 6.00. The molecular weight excluding hydrogens is 516 g/mol. The monoisotopic (exact) mass is 546 g/mol. The molecule has 0 bridgehead atoms. The molecule has 0 radical (unpaired) electrons. The molecule has 5 heteroatoms. The molecule has 6 aromatic carbocycles. The number of hydrogen-bond acceptors (Lipinski definition) is 5. The van der Waals surface area contributed by atoms with Crippen molar-refractivity contribution < 1.29 is 4.74 Å². The van der Waals surface area contributed by atoms with Gasteiger partial charge in [-0.05, 0) is 39.4 Å². The smallest absolute Gasteiger partial charge is 0.199 e. The second kappa shape index (κ2) is 10.1. The Morgan fingerprint density at radius 1 is 0.667 bits per heavy atom. The molecule has 0 spiro atoms. The third-order valence-electron chi connectivity index (χ3n) is 8.39. The summed E-state index contributed by atoms with van der Waals surface area (Å²) in [6.07, 6.45) is -0.526. The van der Waals surface area contributed by atoms with Gasteiger partial charge in [0.25, 0.3) is 0 Å². The third-order valence-corrected chi connectivity index (χ3v) is 8.39. The van der Waals surface area contributed by atoms with Gasteiger partial charge in [-0.3, -0.25) is 5.32 Å². The van der Waals surface area contributed by atoms with Gasteiger partial charge in [-0.15, -0.1) is 0 Å². The first-order valence-corrected chi connectivity index (χ1v) is 14.4. The van der Waals surface area contributed by atoms with Gasteiger partial charge in [-0.1, -0.05) is 121 Å². The number of anilines is 1. The lowest BCUT2D eigenvalue weighted by atomic mass is 10.0. The van der Waals surface area contributed by atoms with E-state index in [9.17, 15) is 0 Å². The van der Waals surface area contributed by atoms with Crippen LogP contribution in [0, 0.1) is 0 Å². The zero-order valence-corrected chi connectivity index (χ0v) is 23.2. The fourth-order valence-corrected chi connectivity index (χ4v) is 6.21. The summed E-state index contributed by atoms with van der Waals surface area (Å²) in [5.41, 5.74) is 5.57. The first-order valence-electron chi connectivity index (χ1n) is 14.4. The number of aliphatic imine (C=N–C) groups is 1. The van der Waals surface area contributed by atoms with Crippen molar-refractivity contribution in [2.45, 2.75) is 18.6 Å². The van der Waals surface area contributed by atoms with Gasteiger partial charge in [0.2, 0.25) is 0 Å². The van der Waals surface area contributed by atoms with Crippen LogP contribution < -0.4 is 20.3 Å². The molecule has 2 heterocycles. The van der Waals surface area contributed by atoms with Gasteiger partial charge in [-0.25, -0.2) is 4.99 Å². The van der Waals surface area contributed by atoms with E-state index in [-0.39, 0.29) is 18.6 Å². The summed E-state index contributed by atoms with van der Waals surface area (Å²) in [6, 6.07) is 46.7. The van der Waals surface area contributed by atoms with E-state index in [0.29, 0.717) is 0 Å². The highest BCUT2D eigenvalue weighted by Gasteiger charge is 2.32. The lowest BCUT2D eigenvalue weighted by Gasteiger charge is -2.32. The Morgan fingerprint density at radius 2 is 1.38 bits per heavy atom. The molecular formula is C37H30N4O. The van der Waals surface area contributed by atoms with Crippen molar-refractivity contribution in [3.8, 4) is 5.75 Å². The first-order chi connectivity index (χ1) is 20.7. The largest absolute Gasteiger partial charge is 0.463 e.